The van der Waals surface area contributed by atoms with Crippen LogP contribution in [0, 0.1) is 5.82 Å². The number of ether oxygens (including phenoxy) is 1. The Labute approximate surface area is 154 Å². The molecule has 1 aliphatic heterocycles. The van der Waals surface area contributed by atoms with E-state index in [9.17, 15) is 23.9 Å². The van der Waals surface area contributed by atoms with Gasteiger partial charge in [0.25, 0.3) is 5.91 Å². The van der Waals surface area contributed by atoms with Crippen LogP contribution in [0.2, 0.25) is 0 Å². The zero-order valence-electron chi connectivity index (χ0n) is 14.7. The fourth-order valence-corrected chi connectivity index (χ4v) is 2.94. The van der Waals surface area contributed by atoms with E-state index in [4.69, 9.17) is 0 Å². The molecule has 0 unspecified atom stereocenters. The first-order valence-electron chi connectivity index (χ1n) is 8.07. The van der Waals surface area contributed by atoms with E-state index < -0.39 is 23.6 Å². The summed E-state index contributed by atoms with van der Waals surface area (Å²) in [4.78, 5) is 36.7. The summed E-state index contributed by atoms with van der Waals surface area (Å²) in [7, 11) is 1.29. The molecule has 2 amide bonds. The number of fused-ring (bicyclic) bond motifs is 1. The Morgan fingerprint density at radius 1 is 1.15 bits per heavy atom. The highest BCUT2D eigenvalue weighted by Gasteiger charge is 2.38. The SMILES string of the molecule is COC(=O)Cc1ccc(C(O)=C2C(=O)N(C(C)=O)c3cc(F)ccc32)cc1. The molecule has 27 heavy (non-hydrogen) atoms. The molecular formula is C20H16FNO5. The summed E-state index contributed by atoms with van der Waals surface area (Å²) in [5.41, 5.74) is 1.28. The zero-order valence-corrected chi connectivity index (χ0v) is 14.7. The van der Waals surface area contributed by atoms with E-state index in [2.05, 4.69) is 4.74 Å². The second kappa shape index (κ2) is 7.03. The Kier molecular flexibility index (Phi) is 4.77. The summed E-state index contributed by atoms with van der Waals surface area (Å²) in [6.45, 7) is 1.19. The van der Waals surface area contributed by atoms with Crippen molar-refractivity contribution in [3.8, 4) is 0 Å². The number of carbonyl (C=O) groups is 3. The van der Waals surface area contributed by atoms with Crippen LogP contribution in [0.15, 0.2) is 42.5 Å². The number of aliphatic hydroxyl groups excluding tert-OH is 1. The highest BCUT2D eigenvalue weighted by molar-refractivity contribution is 6.42. The zero-order chi connectivity index (χ0) is 19.7. The first-order chi connectivity index (χ1) is 12.8. The molecule has 0 spiro atoms. The molecule has 0 saturated carbocycles. The number of imide groups is 1. The lowest BCUT2D eigenvalue weighted by molar-refractivity contribution is -0.139. The number of anilines is 1. The van der Waals surface area contributed by atoms with Crippen LogP contribution in [0.1, 0.15) is 23.6 Å². The third-order valence-electron chi connectivity index (χ3n) is 4.24. The highest BCUT2D eigenvalue weighted by Crippen LogP contribution is 2.40. The molecule has 2 aromatic rings. The minimum atomic E-state index is -0.723. The topological polar surface area (TPSA) is 83.9 Å². The molecule has 0 aromatic heterocycles. The minimum Gasteiger partial charge on any atom is -0.506 e. The predicted octanol–water partition coefficient (Wildman–Crippen LogP) is 2.86. The second-order valence-electron chi connectivity index (χ2n) is 5.99. The number of hydrogen-bond acceptors (Lipinski definition) is 5. The third kappa shape index (κ3) is 3.31. The maximum absolute atomic E-state index is 13.6. The number of methoxy groups -OCH3 is 1. The van der Waals surface area contributed by atoms with Crippen molar-refractivity contribution in [2.45, 2.75) is 13.3 Å². The van der Waals surface area contributed by atoms with Gasteiger partial charge in [0.05, 0.1) is 24.8 Å². The summed E-state index contributed by atoms with van der Waals surface area (Å²) in [5.74, 6) is -2.63. The van der Waals surface area contributed by atoms with E-state index in [-0.39, 0.29) is 29.0 Å². The van der Waals surface area contributed by atoms with E-state index in [1.165, 1.54) is 20.1 Å². The van der Waals surface area contributed by atoms with E-state index in [0.29, 0.717) is 11.1 Å². The Morgan fingerprint density at radius 2 is 1.81 bits per heavy atom. The monoisotopic (exact) mass is 369 g/mol. The molecule has 0 radical (unpaired) electrons. The molecule has 0 atom stereocenters. The van der Waals surface area contributed by atoms with Crippen molar-refractivity contribution in [1.82, 2.24) is 0 Å². The smallest absolute Gasteiger partial charge is 0.309 e. The van der Waals surface area contributed by atoms with Gasteiger partial charge in [-0.2, -0.15) is 0 Å². The average molecular weight is 369 g/mol. The first kappa shape index (κ1) is 18.3. The number of benzene rings is 2. The van der Waals surface area contributed by atoms with Gasteiger partial charge >= 0.3 is 5.97 Å². The quantitative estimate of drug-likeness (QED) is 0.511. The normalized spacial score (nSPS) is 14.8. The molecule has 0 saturated heterocycles. The van der Waals surface area contributed by atoms with Crippen molar-refractivity contribution < 1.29 is 28.6 Å². The largest absolute Gasteiger partial charge is 0.506 e. The molecule has 6 nitrogen and oxygen atoms in total. The van der Waals surface area contributed by atoms with Crippen LogP contribution < -0.4 is 4.90 Å². The predicted molar refractivity (Wildman–Crippen MR) is 96.2 cm³/mol. The van der Waals surface area contributed by atoms with E-state index in [1.807, 2.05) is 0 Å². The molecule has 0 fully saturated rings. The van der Waals surface area contributed by atoms with Crippen LogP contribution in [0.4, 0.5) is 10.1 Å². The molecule has 2 aromatic carbocycles. The maximum atomic E-state index is 13.6. The molecule has 3 rings (SSSR count). The van der Waals surface area contributed by atoms with Crippen LogP contribution in [-0.2, 0) is 25.5 Å². The molecule has 1 N–H and O–H groups in total. The first-order valence-corrected chi connectivity index (χ1v) is 8.07. The van der Waals surface area contributed by atoms with Gasteiger partial charge < -0.3 is 9.84 Å². The number of halogens is 1. The molecule has 7 heteroatoms. The van der Waals surface area contributed by atoms with Gasteiger partial charge in [-0.1, -0.05) is 24.3 Å². The van der Waals surface area contributed by atoms with E-state index in [0.717, 1.165) is 17.0 Å². The number of hydrogen-bond donors (Lipinski definition) is 1. The van der Waals surface area contributed by atoms with Crippen LogP contribution >= 0.6 is 0 Å². The Balaban J connectivity index is 2.06. The van der Waals surface area contributed by atoms with Gasteiger partial charge in [-0.3, -0.25) is 14.4 Å². The standard InChI is InChI=1S/C20H16FNO5/c1-11(23)22-16-10-14(21)7-8-15(16)18(20(22)26)19(25)13-5-3-12(4-6-13)9-17(24)27-2/h3-8,10,25H,9H2,1-2H3. The molecule has 0 aliphatic carbocycles. The summed E-state index contributed by atoms with van der Waals surface area (Å²) in [6.07, 6.45) is 0.0767. The Bertz CT molecular complexity index is 978. The van der Waals surface area contributed by atoms with Gasteiger partial charge in [0, 0.05) is 18.1 Å². The second-order valence-corrected chi connectivity index (χ2v) is 5.99. The number of nitrogens with zero attached hydrogens (tertiary/aromatic N) is 1. The highest BCUT2D eigenvalue weighted by atomic mass is 19.1. The third-order valence-corrected chi connectivity index (χ3v) is 4.24. The van der Waals surface area contributed by atoms with Gasteiger partial charge in [-0.05, 0) is 23.8 Å². The number of carbonyl (C=O) groups excluding carboxylic acids is 3. The molecule has 138 valence electrons. The van der Waals surface area contributed by atoms with Crippen molar-refractivity contribution in [2.24, 2.45) is 0 Å². The molecular weight excluding hydrogens is 353 g/mol. The summed E-state index contributed by atoms with van der Waals surface area (Å²) in [6, 6.07) is 9.92. The van der Waals surface area contributed by atoms with Crippen LogP contribution in [0.3, 0.4) is 0 Å². The van der Waals surface area contributed by atoms with E-state index in [1.54, 1.807) is 24.3 Å². The van der Waals surface area contributed by atoms with E-state index >= 15 is 0 Å². The molecule has 0 bridgehead atoms. The van der Waals surface area contributed by atoms with Crippen LogP contribution in [0.25, 0.3) is 11.3 Å². The van der Waals surface area contributed by atoms with Crippen molar-refractivity contribution >= 4 is 34.8 Å². The van der Waals surface area contributed by atoms with Crippen molar-refractivity contribution in [3.05, 3.63) is 65.0 Å². The van der Waals surface area contributed by atoms with Gasteiger partial charge in [0.2, 0.25) is 5.91 Å². The fourth-order valence-electron chi connectivity index (χ4n) is 2.94. The average Bonchev–Trinajstić information content (AvgIpc) is 2.92. The summed E-state index contributed by atoms with van der Waals surface area (Å²) >= 11 is 0. The number of rotatable bonds is 3. The van der Waals surface area contributed by atoms with Crippen LogP contribution in [-0.4, -0.2) is 30.0 Å². The van der Waals surface area contributed by atoms with Gasteiger partial charge in [0.1, 0.15) is 11.6 Å². The maximum Gasteiger partial charge on any atom is 0.309 e. The number of amides is 2. The van der Waals surface area contributed by atoms with Crippen molar-refractivity contribution in [2.75, 3.05) is 12.0 Å². The molecule has 1 heterocycles. The lowest BCUT2D eigenvalue weighted by Crippen LogP contribution is -2.31. The number of aliphatic hydroxyl groups is 1. The Hall–Kier alpha value is -3.48. The lowest BCUT2D eigenvalue weighted by atomic mass is 10.0. The summed E-state index contributed by atoms with van der Waals surface area (Å²) in [5, 5.41) is 10.7. The minimum absolute atomic E-state index is 0.0767. The van der Waals surface area contributed by atoms with Crippen LogP contribution in [0.5, 0.6) is 0 Å². The van der Waals surface area contributed by atoms with Gasteiger partial charge in [-0.25, -0.2) is 9.29 Å². The van der Waals surface area contributed by atoms with Gasteiger partial charge in [-0.15, -0.1) is 0 Å². The Morgan fingerprint density at radius 3 is 2.41 bits per heavy atom. The fraction of sp³-hybridized carbons (Fsp3) is 0.150. The summed E-state index contributed by atoms with van der Waals surface area (Å²) < 4.78 is 18.2. The van der Waals surface area contributed by atoms with Crippen molar-refractivity contribution in [1.29, 1.82) is 0 Å². The number of esters is 1. The lowest BCUT2D eigenvalue weighted by Gasteiger charge is -2.12. The van der Waals surface area contributed by atoms with Gasteiger partial charge in [0.15, 0.2) is 0 Å². The van der Waals surface area contributed by atoms with Crippen molar-refractivity contribution in [3.63, 3.8) is 0 Å². The molecule has 1 aliphatic rings.